The molecule has 32 heavy (non-hydrogen) atoms. The van der Waals surface area contributed by atoms with Crippen LogP contribution in [0.1, 0.15) is 89.5 Å². The van der Waals surface area contributed by atoms with Gasteiger partial charge in [0.2, 0.25) is 0 Å². The standard InChI is InChI=1S/C27H42O4S/c1-3-4-5-6-7-8-9-10-11-12-13-14-15-16-17-21-24(28)26(27(29)30)32(31)25-22-19-18-20-23(25)2/h7-8,10-11,18-20,22,24,26,28H,3-6,9,12-17,21H2,1-2H3,(H,29,30)/b8-7-,11-10-. The zero-order chi connectivity index (χ0) is 23.6. The number of carboxylic acid groups (broad SMARTS) is 1. The quantitative estimate of drug-likeness (QED) is 0.187. The Hall–Kier alpha value is -1.72. The van der Waals surface area contributed by atoms with Crippen LogP contribution in [-0.2, 0) is 15.6 Å². The van der Waals surface area contributed by atoms with E-state index in [-0.39, 0.29) is 0 Å². The van der Waals surface area contributed by atoms with Crippen LogP contribution in [-0.4, -0.2) is 31.7 Å². The Morgan fingerprint density at radius 2 is 1.53 bits per heavy atom. The molecule has 180 valence electrons. The summed E-state index contributed by atoms with van der Waals surface area (Å²) in [6, 6.07) is 7.04. The number of benzene rings is 1. The monoisotopic (exact) mass is 462 g/mol. The lowest BCUT2D eigenvalue weighted by atomic mass is 10.0. The molecule has 0 aliphatic rings. The first-order chi connectivity index (χ1) is 15.5. The molecular weight excluding hydrogens is 420 g/mol. The Kier molecular flexibility index (Phi) is 15.7. The number of carbonyl (C=O) groups is 1. The fraction of sp³-hybridized carbons (Fsp3) is 0.593. The number of rotatable bonds is 18. The molecule has 3 atom stereocenters. The summed E-state index contributed by atoms with van der Waals surface area (Å²) in [6.45, 7) is 4.03. The summed E-state index contributed by atoms with van der Waals surface area (Å²) in [5.41, 5.74) is 0.779. The Morgan fingerprint density at radius 1 is 0.938 bits per heavy atom. The topological polar surface area (TPSA) is 74.6 Å². The van der Waals surface area contributed by atoms with E-state index in [1.165, 1.54) is 25.7 Å². The first-order valence-electron chi connectivity index (χ1n) is 12.2. The van der Waals surface area contributed by atoms with Crippen LogP contribution in [0.2, 0.25) is 0 Å². The number of allylic oxidation sites excluding steroid dienone is 4. The SMILES string of the molecule is CCCCC/C=C\C/C=C\CCCCCCCC(O)C(C(=O)O)S(=O)c1ccccc1C. The van der Waals surface area contributed by atoms with Crippen LogP contribution in [0, 0.1) is 6.92 Å². The average molecular weight is 463 g/mol. The zero-order valence-corrected chi connectivity index (χ0v) is 20.7. The minimum atomic E-state index is -1.77. The van der Waals surface area contributed by atoms with Crippen LogP contribution in [0.15, 0.2) is 53.5 Å². The van der Waals surface area contributed by atoms with Crippen molar-refractivity contribution in [2.75, 3.05) is 0 Å². The second-order valence-electron chi connectivity index (χ2n) is 8.41. The second kappa shape index (κ2) is 17.8. The molecule has 1 aromatic rings. The molecule has 0 spiro atoms. The van der Waals surface area contributed by atoms with Gasteiger partial charge in [-0.25, -0.2) is 0 Å². The van der Waals surface area contributed by atoms with Gasteiger partial charge in [-0.3, -0.25) is 9.00 Å². The van der Waals surface area contributed by atoms with Gasteiger partial charge >= 0.3 is 5.97 Å². The normalized spacial score (nSPS) is 14.7. The molecule has 0 radical (unpaired) electrons. The van der Waals surface area contributed by atoms with Crippen LogP contribution in [0.5, 0.6) is 0 Å². The lowest BCUT2D eigenvalue weighted by Crippen LogP contribution is -2.38. The van der Waals surface area contributed by atoms with Gasteiger partial charge in [-0.15, -0.1) is 0 Å². The van der Waals surface area contributed by atoms with Gasteiger partial charge in [-0.1, -0.05) is 88.0 Å². The molecule has 1 aromatic carbocycles. The average Bonchev–Trinajstić information content (AvgIpc) is 2.76. The number of aryl methyl sites for hydroxylation is 1. The predicted octanol–water partition coefficient (Wildman–Crippen LogP) is 6.73. The van der Waals surface area contributed by atoms with Crippen LogP contribution < -0.4 is 0 Å². The van der Waals surface area contributed by atoms with Gasteiger partial charge in [0.25, 0.3) is 0 Å². The molecule has 0 saturated carbocycles. The summed E-state index contributed by atoms with van der Waals surface area (Å²) in [5.74, 6) is -1.21. The smallest absolute Gasteiger partial charge is 0.322 e. The highest BCUT2D eigenvalue weighted by Crippen LogP contribution is 2.21. The van der Waals surface area contributed by atoms with Crippen LogP contribution in [0.4, 0.5) is 0 Å². The molecule has 0 aliphatic carbocycles. The first kappa shape index (κ1) is 28.3. The molecule has 0 saturated heterocycles. The maximum atomic E-state index is 12.8. The van der Waals surface area contributed by atoms with Crippen LogP contribution in [0.25, 0.3) is 0 Å². The van der Waals surface area contributed by atoms with Crippen molar-refractivity contribution in [3.05, 3.63) is 54.1 Å². The van der Waals surface area contributed by atoms with Crippen LogP contribution in [0.3, 0.4) is 0 Å². The van der Waals surface area contributed by atoms with E-state index in [1.54, 1.807) is 25.1 Å². The van der Waals surface area contributed by atoms with E-state index < -0.39 is 28.1 Å². The van der Waals surface area contributed by atoms with E-state index >= 15 is 0 Å². The highest BCUT2D eigenvalue weighted by molar-refractivity contribution is 7.86. The highest BCUT2D eigenvalue weighted by atomic mass is 32.2. The molecule has 0 aliphatic heterocycles. The van der Waals surface area contributed by atoms with Crippen molar-refractivity contribution in [3.63, 3.8) is 0 Å². The summed E-state index contributed by atoms with van der Waals surface area (Å²) >= 11 is 0. The Bertz CT molecular complexity index is 726. The third-order valence-electron chi connectivity index (χ3n) is 5.58. The van der Waals surface area contributed by atoms with Gasteiger partial charge in [-0.2, -0.15) is 0 Å². The lowest BCUT2D eigenvalue weighted by Gasteiger charge is -2.19. The summed E-state index contributed by atoms with van der Waals surface area (Å²) < 4.78 is 12.8. The van der Waals surface area contributed by atoms with E-state index in [0.717, 1.165) is 50.5 Å². The molecule has 2 N–H and O–H groups in total. The first-order valence-corrected chi connectivity index (χ1v) is 13.4. The van der Waals surface area contributed by atoms with E-state index in [0.29, 0.717) is 11.3 Å². The summed E-state index contributed by atoms with van der Waals surface area (Å²) in [7, 11) is -1.77. The van der Waals surface area contributed by atoms with Gasteiger partial charge in [0.05, 0.1) is 16.9 Å². The number of aliphatic carboxylic acids is 1. The van der Waals surface area contributed by atoms with E-state index in [4.69, 9.17) is 0 Å². The number of hydrogen-bond donors (Lipinski definition) is 2. The lowest BCUT2D eigenvalue weighted by molar-refractivity contribution is -0.138. The molecular formula is C27H42O4S. The molecule has 5 heteroatoms. The van der Waals surface area contributed by atoms with Crippen molar-refractivity contribution < 1.29 is 19.2 Å². The Morgan fingerprint density at radius 3 is 2.16 bits per heavy atom. The fourth-order valence-electron chi connectivity index (χ4n) is 3.63. The molecule has 0 bridgehead atoms. The van der Waals surface area contributed by atoms with Gasteiger partial charge in [0, 0.05) is 4.90 Å². The molecule has 1 rings (SSSR count). The number of carboxylic acids is 1. The van der Waals surface area contributed by atoms with Gasteiger partial charge < -0.3 is 10.2 Å². The Labute approximate surface area is 197 Å². The van der Waals surface area contributed by atoms with Crippen molar-refractivity contribution in [2.24, 2.45) is 0 Å². The second-order valence-corrected chi connectivity index (χ2v) is 9.95. The minimum absolute atomic E-state index is 0.360. The molecule has 4 nitrogen and oxygen atoms in total. The molecule has 0 fully saturated rings. The number of aliphatic hydroxyl groups is 1. The molecule has 3 unspecified atom stereocenters. The third kappa shape index (κ3) is 11.8. The molecule has 0 amide bonds. The van der Waals surface area contributed by atoms with Crippen molar-refractivity contribution in [1.29, 1.82) is 0 Å². The van der Waals surface area contributed by atoms with E-state index in [2.05, 4.69) is 31.2 Å². The van der Waals surface area contributed by atoms with Crippen molar-refractivity contribution in [2.45, 2.75) is 107 Å². The summed E-state index contributed by atoms with van der Waals surface area (Å²) in [6.07, 6.45) is 20.4. The maximum Gasteiger partial charge on any atom is 0.322 e. The third-order valence-corrected chi connectivity index (χ3v) is 7.45. The van der Waals surface area contributed by atoms with Crippen LogP contribution >= 0.6 is 0 Å². The maximum absolute atomic E-state index is 12.8. The van der Waals surface area contributed by atoms with Crippen molar-refractivity contribution in [3.8, 4) is 0 Å². The number of aliphatic hydroxyl groups excluding tert-OH is 1. The number of unbranched alkanes of at least 4 members (excludes halogenated alkanes) is 8. The molecule has 0 heterocycles. The largest absolute Gasteiger partial charge is 0.480 e. The number of hydrogen-bond acceptors (Lipinski definition) is 3. The van der Waals surface area contributed by atoms with E-state index in [9.17, 15) is 19.2 Å². The highest BCUT2D eigenvalue weighted by Gasteiger charge is 2.33. The van der Waals surface area contributed by atoms with Gasteiger partial charge in [0.15, 0.2) is 5.25 Å². The molecule has 0 aromatic heterocycles. The zero-order valence-electron chi connectivity index (χ0n) is 19.9. The van der Waals surface area contributed by atoms with Gasteiger partial charge in [0.1, 0.15) is 0 Å². The minimum Gasteiger partial charge on any atom is -0.480 e. The van der Waals surface area contributed by atoms with Crippen molar-refractivity contribution >= 4 is 16.8 Å². The van der Waals surface area contributed by atoms with E-state index in [1.807, 2.05) is 6.07 Å². The Balaban J connectivity index is 2.19. The predicted molar refractivity (Wildman–Crippen MR) is 134 cm³/mol. The van der Waals surface area contributed by atoms with Gasteiger partial charge in [-0.05, 0) is 57.1 Å². The fourth-order valence-corrected chi connectivity index (χ4v) is 5.11. The summed E-state index contributed by atoms with van der Waals surface area (Å²) in [5, 5.41) is 18.7. The summed E-state index contributed by atoms with van der Waals surface area (Å²) in [4.78, 5) is 12.1. The van der Waals surface area contributed by atoms with Crippen molar-refractivity contribution in [1.82, 2.24) is 0 Å².